The van der Waals surface area contributed by atoms with Gasteiger partial charge in [-0.1, -0.05) is 0 Å². The van der Waals surface area contributed by atoms with Crippen molar-refractivity contribution in [3.63, 3.8) is 0 Å². The van der Waals surface area contributed by atoms with E-state index < -0.39 is 0 Å². The second-order valence-corrected chi connectivity index (χ2v) is 10.3. The summed E-state index contributed by atoms with van der Waals surface area (Å²) in [5, 5.41) is 7.79. The number of aromatic nitrogens is 3. The maximum Gasteiger partial charge on any atom is 0.228 e. The fraction of sp³-hybridized carbons (Fsp3) is 0.444. The molecule has 3 aromatic rings. The first kappa shape index (κ1) is 24.5. The van der Waals surface area contributed by atoms with E-state index in [1.807, 2.05) is 31.3 Å². The highest BCUT2D eigenvalue weighted by Gasteiger charge is 2.33. The van der Waals surface area contributed by atoms with E-state index in [1.165, 1.54) is 0 Å². The fourth-order valence-corrected chi connectivity index (χ4v) is 5.21. The minimum atomic E-state index is 0.00112. The van der Waals surface area contributed by atoms with Crippen LogP contribution in [0.1, 0.15) is 25.3 Å². The number of pyridine rings is 3. The topological polar surface area (TPSA) is 134 Å². The molecule has 2 atom stereocenters. The number of morpholine rings is 2. The summed E-state index contributed by atoms with van der Waals surface area (Å²) < 4.78 is 6.09. The molecule has 11 heteroatoms. The second-order valence-electron chi connectivity index (χ2n) is 10.3. The van der Waals surface area contributed by atoms with Gasteiger partial charge in [-0.05, 0) is 45.0 Å². The summed E-state index contributed by atoms with van der Waals surface area (Å²) in [5.41, 5.74) is 8.20. The van der Waals surface area contributed by atoms with Crippen LogP contribution < -0.4 is 21.3 Å². The predicted molar refractivity (Wildman–Crippen MR) is 148 cm³/mol. The van der Waals surface area contributed by atoms with Gasteiger partial charge in [0.15, 0.2) is 5.82 Å². The van der Waals surface area contributed by atoms with Crippen LogP contribution in [-0.4, -0.2) is 83.6 Å². The van der Waals surface area contributed by atoms with E-state index in [0.717, 1.165) is 55.5 Å². The molecule has 1 aliphatic carbocycles. The van der Waals surface area contributed by atoms with Crippen molar-refractivity contribution in [1.29, 1.82) is 0 Å². The lowest BCUT2D eigenvalue weighted by Gasteiger charge is -2.45. The number of aliphatic imine (C=N–C) groups is 1. The third kappa shape index (κ3) is 5.11. The number of amides is 1. The van der Waals surface area contributed by atoms with Crippen LogP contribution >= 0.6 is 0 Å². The molecule has 0 spiro atoms. The summed E-state index contributed by atoms with van der Waals surface area (Å²) in [4.78, 5) is 35.1. The van der Waals surface area contributed by atoms with Crippen LogP contribution in [0.25, 0.3) is 10.8 Å². The largest absolute Gasteiger partial charge is 0.383 e. The zero-order valence-electron chi connectivity index (χ0n) is 21.7. The molecule has 0 radical (unpaired) electrons. The smallest absolute Gasteiger partial charge is 0.228 e. The maximum absolute atomic E-state index is 12.3. The number of nitrogens with zero attached hydrogens (tertiary/aromatic N) is 6. The molecule has 2 aliphatic heterocycles. The number of nitrogens with two attached hydrogens (primary N) is 1. The average Bonchev–Trinajstić information content (AvgIpc) is 3.74. The summed E-state index contributed by atoms with van der Waals surface area (Å²) in [6, 6.07) is 5.74. The minimum absolute atomic E-state index is 0.00112. The Labute approximate surface area is 221 Å². The van der Waals surface area contributed by atoms with Crippen molar-refractivity contribution < 1.29 is 9.53 Å². The first-order valence-electron chi connectivity index (χ1n) is 13.2. The highest BCUT2D eigenvalue weighted by Crippen LogP contribution is 2.31. The summed E-state index contributed by atoms with van der Waals surface area (Å²) in [6.07, 6.45) is 7.52. The number of rotatable bonds is 7. The zero-order valence-corrected chi connectivity index (χ0v) is 21.7. The van der Waals surface area contributed by atoms with Crippen molar-refractivity contribution in [2.75, 3.05) is 55.3 Å². The average molecular weight is 516 g/mol. The Morgan fingerprint density at radius 3 is 2.55 bits per heavy atom. The van der Waals surface area contributed by atoms with E-state index in [9.17, 15) is 4.79 Å². The van der Waals surface area contributed by atoms with Gasteiger partial charge in [-0.2, -0.15) is 0 Å². The molecule has 198 valence electrons. The fourth-order valence-electron chi connectivity index (χ4n) is 5.21. The van der Waals surface area contributed by atoms with E-state index in [2.05, 4.69) is 47.4 Å². The van der Waals surface area contributed by atoms with Gasteiger partial charge in [-0.25, -0.2) is 19.9 Å². The Morgan fingerprint density at radius 1 is 1.08 bits per heavy atom. The third-order valence-electron chi connectivity index (χ3n) is 7.19. The van der Waals surface area contributed by atoms with Gasteiger partial charge in [-0.15, -0.1) is 0 Å². The molecule has 3 aliphatic rings. The molecule has 2 bridgehead atoms. The number of fused-ring (bicyclic) bond motifs is 3. The zero-order chi connectivity index (χ0) is 26.2. The summed E-state index contributed by atoms with van der Waals surface area (Å²) in [6.45, 7) is 6.28. The first-order chi connectivity index (χ1) is 18.5. The van der Waals surface area contributed by atoms with Crippen molar-refractivity contribution in [3.05, 3.63) is 42.4 Å². The molecular formula is C27H33N9O2. The highest BCUT2D eigenvalue weighted by molar-refractivity contribution is 6.12. The Bertz CT molecular complexity index is 1350. The molecule has 6 rings (SSSR count). The van der Waals surface area contributed by atoms with Crippen LogP contribution in [0.4, 0.5) is 23.1 Å². The lowest BCUT2D eigenvalue weighted by Crippen LogP contribution is -2.58. The van der Waals surface area contributed by atoms with Gasteiger partial charge in [-0.3, -0.25) is 4.79 Å². The molecule has 3 aromatic heterocycles. The van der Waals surface area contributed by atoms with E-state index in [-0.39, 0.29) is 24.0 Å². The lowest BCUT2D eigenvalue weighted by molar-refractivity contribution is -0.117. The van der Waals surface area contributed by atoms with Crippen molar-refractivity contribution in [1.82, 2.24) is 19.9 Å². The van der Waals surface area contributed by atoms with Crippen molar-refractivity contribution >= 4 is 45.7 Å². The van der Waals surface area contributed by atoms with Crippen molar-refractivity contribution in [2.45, 2.75) is 32.0 Å². The van der Waals surface area contributed by atoms with Crippen LogP contribution in [-0.2, 0) is 9.53 Å². The number of carbonyl (C=O) groups is 1. The number of amidine groups is 1. The van der Waals surface area contributed by atoms with Gasteiger partial charge < -0.3 is 30.9 Å². The van der Waals surface area contributed by atoms with E-state index in [0.29, 0.717) is 35.4 Å². The van der Waals surface area contributed by atoms with Crippen LogP contribution in [0, 0.1) is 5.92 Å². The molecular weight excluding hydrogens is 482 g/mol. The number of anilines is 3. The van der Waals surface area contributed by atoms with Gasteiger partial charge >= 0.3 is 0 Å². The summed E-state index contributed by atoms with van der Waals surface area (Å²) in [5.74, 6) is 2.08. The first-order valence-corrected chi connectivity index (χ1v) is 13.2. The van der Waals surface area contributed by atoms with Crippen LogP contribution in [0.2, 0.25) is 0 Å². The Kier molecular flexibility index (Phi) is 6.54. The predicted octanol–water partition coefficient (Wildman–Crippen LogP) is 2.36. The molecule has 2 saturated heterocycles. The molecule has 4 N–H and O–H groups in total. The molecule has 5 heterocycles. The van der Waals surface area contributed by atoms with E-state index in [4.69, 9.17) is 10.5 Å². The number of ether oxygens (including phenoxy) is 1. The quantitative estimate of drug-likeness (QED) is 0.320. The molecule has 1 amide bonds. The number of hydrogen-bond acceptors (Lipinski definition) is 9. The normalized spacial score (nSPS) is 21.9. The monoisotopic (exact) mass is 515 g/mol. The van der Waals surface area contributed by atoms with E-state index >= 15 is 0 Å². The molecule has 0 aromatic carbocycles. The summed E-state index contributed by atoms with van der Waals surface area (Å²) in [7, 11) is 2.14. The molecule has 11 nitrogen and oxygen atoms in total. The van der Waals surface area contributed by atoms with Crippen LogP contribution in [0.15, 0.2) is 41.8 Å². The number of likely N-dealkylation sites (N-methyl/N-ethyl adjacent to an activating group) is 1. The van der Waals surface area contributed by atoms with Gasteiger partial charge in [0.1, 0.15) is 17.5 Å². The lowest BCUT2D eigenvalue weighted by atomic mass is 10.1. The number of carbonyl (C=O) groups excluding carboxylic acids is 1. The van der Waals surface area contributed by atoms with E-state index in [1.54, 1.807) is 12.4 Å². The standard InChI is InChI=1S/C27H33N9O2/c1-3-29-26-22-11-31-24(34-27(37)16-4-5-16)8-20(22)21(10-32-26)25(28)33-23-7-6-17(9-30-23)36-14-18-12-35(2)13-19(15-36)38-18/h6-11,16,18-19H,3-5,12-15H2,1-2H3,(H,29,32)(H2,28,30,33)(H,31,34,37). The van der Waals surface area contributed by atoms with Crippen LogP contribution in [0.5, 0.6) is 0 Å². The van der Waals surface area contributed by atoms with Gasteiger partial charge in [0, 0.05) is 67.4 Å². The number of nitrogens with one attached hydrogen (secondary N) is 2. The Balaban J connectivity index is 1.26. The van der Waals surface area contributed by atoms with Crippen LogP contribution in [0.3, 0.4) is 0 Å². The Hall–Kier alpha value is -3.83. The van der Waals surface area contributed by atoms with Gasteiger partial charge in [0.25, 0.3) is 0 Å². The Morgan fingerprint density at radius 2 is 1.87 bits per heavy atom. The maximum atomic E-state index is 12.3. The van der Waals surface area contributed by atoms with Gasteiger partial charge in [0.05, 0.1) is 24.1 Å². The molecule has 38 heavy (non-hydrogen) atoms. The summed E-state index contributed by atoms with van der Waals surface area (Å²) >= 11 is 0. The molecule has 2 unspecified atom stereocenters. The van der Waals surface area contributed by atoms with Crippen molar-refractivity contribution in [2.24, 2.45) is 16.6 Å². The van der Waals surface area contributed by atoms with Crippen molar-refractivity contribution in [3.8, 4) is 0 Å². The SMILES string of the molecule is CCNc1ncc(C(N)=Nc2ccc(N3CC4CN(C)CC(C3)O4)cn2)c2cc(NC(=O)C3CC3)ncc12. The number of hydrogen-bond donors (Lipinski definition) is 3. The minimum Gasteiger partial charge on any atom is -0.383 e. The van der Waals surface area contributed by atoms with Gasteiger partial charge in [0.2, 0.25) is 5.91 Å². The second kappa shape index (κ2) is 10.1. The highest BCUT2D eigenvalue weighted by atomic mass is 16.5. The molecule has 1 saturated carbocycles. The molecule has 3 fully saturated rings. The third-order valence-corrected chi connectivity index (χ3v) is 7.19.